The highest BCUT2D eigenvalue weighted by Gasteiger charge is 2.10. The first-order valence-electron chi connectivity index (χ1n) is 2.90. The molecule has 0 unspecified atom stereocenters. The Kier molecular flexibility index (Phi) is 2.57. The van der Waals surface area contributed by atoms with Gasteiger partial charge in [-0.2, -0.15) is 0 Å². The number of benzene rings is 1. The van der Waals surface area contributed by atoms with Crippen LogP contribution in [0.25, 0.3) is 0 Å². The van der Waals surface area contributed by atoms with Crippen LogP contribution in [0, 0.1) is 11.6 Å². The molecule has 1 aromatic carbocycles. The molecule has 0 fully saturated rings. The van der Waals surface area contributed by atoms with Crippen LogP contribution in [0.4, 0.5) is 8.78 Å². The summed E-state index contributed by atoms with van der Waals surface area (Å²) in [4.78, 5) is 0. The van der Waals surface area contributed by atoms with Gasteiger partial charge in [-0.3, -0.25) is 0 Å². The summed E-state index contributed by atoms with van der Waals surface area (Å²) < 4.78 is 25.6. The van der Waals surface area contributed by atoms with Crippen LogP contribution in [0.2, 0.25) is 0 Å². The summed E-state index contributed by atoms with van der Waals surface area (Å²) in [6.07, 6.45) is 0. The minimum absolute atomic E-state index is 0.156. The molecule has 0 aliphatic carbocycles. The van der Waals surface area contributed by atoms with E-state index >= 15 is 0 Å². The van der Waals surface area contributed by atoms with Crippen molar-refractivity contribution in [1.82, 2.24) is 0 Å². The fourth-order valence-corrected chi connectivity index (χ4v) is 1.09. The maximum atomic E-state index is 12.8. The molecule has 0 aliphatic rings. The van der Waals surface area contributed by atoms with Gasteiger partial charge in [0.15, 0.2) is 0 Å². The van der Waals surface area contributed by atoms with E-state index in [0.717, 1.165) is 6.07 Å². The second-order valence-corrected chi connectivity index (χ2v) is 2.83. The second kappa shape index (κ2) is 3.28. The highest BCUT2D eigenvalue weighted by atomic mass is 79.9. The van der Waals surface area contributed by atoms with Crippen molar-refractivity contribution >= 4 is 15.9 Å². The lowest BCUT2D eigenvalue weighted by Gasteiger charge is -2.01. The van der Waals surface area contributed by atoms with E-state index in [-0.39, 0.29) is 10.0 Å². The minimum atomic E-state index is -0.743. The third-order valence-corrected chi connectivity index (χ3v) is 1.91. The molecule has 60 valence electrons. The van der Waals surface area contributed by atoms with E-state index in [0.29, 0.717) is 0 Å². The fourth-order valence-electron chi connectivity index (χ4n) is 0.714. The molecule has 0 saturated heterocycles. The van der Waals surface area contributed by atoms with Crippen molar-refractivity contribution in [2.24, 2.45) is 0 Å². The number of hydrogen-bond donors (Lipinski definition) is 1. The average Bonchev–Trinajstić information content (AvgIpc) is 1.99. The average molecular weight is 223 g/mol. The third-order valence-electron chi connectivity index (χ3n) is 1.30. The second-order valence-electron chi connectivity index (χ2n) is 1.98. The van der Waals surface area contributed by atoms with Crippen molar-refractivity contribution < 1.29 is 13.9 Å². The van der Waals surface area contributed by atoms with Crippen LogP contribution in [0.1, 0.15) is 5.56 Å². The van der Waals surface area contributed by atoms with Crippen molar-refractivity contribution in [3.05, 3.63) is 33.8 Å². The highest BCUT2D eigenvalue weighted by Crippen LogP contribution is 2.21. The largest absolute Gasteiger partial charge is 0.391 e. The summed E-state index contributed by atoms with van der Waals surface area (Å²) in [5, 5.41) is 8.52. The van der Waals surface area contributed by atoms with Crippen LogP contribution in [0.5, 0.6) is 0 Å². The van der Waals surface area contributed by atoms with Crippen LogP contribution < -0.4 is 0 Å². The summed E-state index contributed by atoms with van der Waals surface area (Å²) in [5.74, 6) is -1.47. The number of halogens is 3. The van der Waals surface area contributed by atoms with E-state index in [2.05, 4.69) is 15.9 Å². The van der Waals surface area contributed by atoms with Gasteiger partial charge in [-0.25, -0.2) is 8.78 Å². The first-order valence-corrected chi connectivity index (χ1v) is 3.69. The zero-order valence-corrected chi connectivity index (χ0v) is 7.03. The van der Waals surface area contributed by atoms with Gasteiger partial charge in [0.1, 0.15) is 11.6 Å². The van der Waals surface area contributed by atoms with Gasteiger partial charge in [0.2, 0.25) is 0 Å². The smallest absolute Gasteiger partial charge is 0.145 e. The molecule has 1 nitrogen and oxygen atoms in total. The zero-order valence-electron chi connectivity index (χ0n) is 5.44. The van der Waals surface area contributed by atoms with E-state index in [9.17, 15) is 8.78 Å². The molecule has 1 rings (SSSR count). The van der Waals surface area contributed by atoms with E-state index in [1.54, 1.807) is 0 Å². The Morgan fingerprint density at radius 3 is 2.45 bits per heavy atom. The van der Waals surface area contributed by atoms with Crippen molar-refractivity contribution in [2.75, 3.05) is 0 Å². The van der Waals surface area contributed by atoms with E-state index < -0.39 is 18.2 Å². The van der Waals surface area contributed by atoms with Gasteiger partial charge in [0.25, 0.3) is 0 Å². The summed E-state index contributed by atoms with van der Waals surface area (Å²) in [6, 6.07) is 2.35. The number of rotatable bonds is 1. The summed E-state index contributed by atoms with van der Waals surface area (Å²) in [5.41, 5.74) is -0.306. The molecule has 0 amide bonds. The molecular formula is C7H5BrF2O. The lowest BCUT2D eigenvalue weighted by atomic mass is 10.2. The van der Waals surface area contributed by atoms with Gasteiger partial charge in [0, 0.05) is 0 Å². The summed E-state index contributed by atoms with van der Waals surface area (Å²) in [6.45, 7) is -0.628. The quantitative estimate of drug-likeness (QED) is 0.723. The Morgan fingerprint density at radius 2 is 2.00 bits per heavy atom. The normalized spacial score (nSPS) is 10.2. The van der Waals surface area contributed by atoms with E-state index in [1.807, 2.05) is 0 Å². The molecule has 4 heteroatoms. The van der Waals surface area contributed by atoms with Gasteiger partial charge in [0.05, 0.1) is 16.6 Å². The van der Waals surface area contributed by atoms with Crippen molar-refractivity contribution in [1.29, 1.82) is 0 Å². The maximum Gasteiger partial charge on any atom is 0.145 e. The third kappa shape index (κ3) is 1.57. The maximum absolute atomic E-state index is 12.8. The van der Waals surface area contributed by atoms with E-state index in [1.165, 1.54) is 6.07 Å². The first kappa shape index (κ1) is 8.62. The number of aliphatic hydroxyl groups excluding tert-OH is 1. The summed E-state index contributed by atoms with van der Waals surface area (Å²) in [7, 11) is 0. The molecule has 1 aromatic rings. The lowest BCUT2D eigenvalue weighted by molar-refractivity contribution is 0.268. The van der Waals surface area contributed by atoms with Crippen molar-refractivity contribution in [2.45, 2.75) is 6.61 Å². The van der Waals surface area contributed by atoms with Crippen LogP contribution in [0.3, 0.4) is 0 Å². The fraction of sp³-hybridized carbons (Fsp3) is 0.143. The minimum Gasteiger partial charge on any atom is -0.391 e. The molecule has 1 N–H and O–H groups in total. The first-order chi connectivity index (χ1) is 5.16. The monoisotopic (exact) mass is 222 g/mol. The van der Waals surface area contributed by atoms with Crippen LogP contribution >= 0.6 is 15.9 Å². The van der Waals surface area contributed by atoms with Crippen LogP contribution in [0.15, 0.2) is 16.6 Å². The Morgan fingerprint density at radius 1 is 1.36 bits per heavy atom. The molecule has 0 radical (unpaired) electrons. The SMILES string of the molecule is OCc1c(F)ccc(Br)c1F. The summed E-state index contributed by atoms with van der Waals surface area (Å²) >= 11 is 2.87. The Hall–Kier alpha value is -0.480. The predicted molar refractivity (Wildman–Crippen MR) is 40.0 cm³/mol. The standard InChI is InChI=1S/C7H5BrF2O/c8-5-1-2-6(9)4(3-11)7(5)10/h1-2,11H,3H2. The van der Waals surface area contributed by atoms with Gasteiger partial charge >= 0.3 is 0 Å². The molecule has 0 heterocycles. The number of aliphatic hydroxyl groups is 1. The van der Waals surface area contributed by atoms with Crippen molar-refractivity contribution in [3.63, 3.8) is 0 Å². The topological polar surface area (TPSA) is 20.2 Å². The predicted octanol–water partition coefficient (Wildman–Crippen LogP) is 2.22. The molecule has 0 aliphatic heterocycles. The molecule has 0 bridgehead atoms. The molecule has 0 saturated carbocycles. The van der Waals surface area contributed by atoms with Gasteiger partial charge in [-0.1, -0.05) is 0 Å². The van der Waals surface area contributed by atoms with E-state index in [4.69, 9.17) is 5.11 Å². The molecule has 0 atom stereocenters. The number of hydrogen-bond acceptors (Lipinski definition) is 1. The van der Waals surface area contributed by atoms with Gasteiger partial charge < -0.3 is 5.11 Å². The van der Waals surface area contributed by atoms with Gasteiger partial charge in [-0.15, -0.1) is 0 Å². The van der Waals surface area contributed by atoms with Crippen LogP contribution in [-0.4, -0.2) is 5.11 Å². The molecule has 0 spiro atoms. The van der Waals surface area contributed by atoms with Crippen molar-refractivity contribution in [3.8, 4) is 0 Å². The van der Waals surface area contributed by atoms with Crippen LogP contribution in [-0.2, 0) is 6.61 Å². The molecular weight excluding hydrogens is 218 g/mol. The van der Waals surface area contributed by atoms with Gasteiger partial charge in [-0.05, 0) is 28.1 Å². The Bertz CT molecular complexity index is 275. The highest BCUT2D eigenvalue weighted by molar-refractivity contribution is 9.10. The Balaban J connectivity index is 3.29. The lowest BCUT2D eigenvalue weighted by Crippen LogP contribution is -1.95. The Labute approximate surface area is 70.8 Å². The molecule has 11 heavy (non-hydrogen) atoms. The zero-order chi connectivity index (χ0) is 8.43. The molecule has 0 aromatic heterocycles.